The fourth-order valence-electron chi connectivity index (χ4n) is 0.799. The molecule has 0 aliphatic carbocycles. The Hall–Kier alpha value is -0.320. The van der Waals surface area contributed by atoms with E-state index in [0.29, 0.717) is 18.6 Å². The van der Waals surface area contributed by atoms with Crippen molar-refractivity contribution >= 4 is 17.7 Å². The van der Waals surface area contributed by atoms with E-state index in [4.69, 9.17) is 5.11 Å². The van der Waals surface area contributed by atoms with Crippen molar-refractivity contribution in [2.45, 2.75) is 32.1 Å². The highest BCUT2D eigenvalue weighted by Gasteiger charge is 2.19. The van der Waals surface area contributed by atoms with Crippen LogP contribution in [-0.4, -0.2) is 28.5 Å². The van der Waals surface area contributed by atoms with Gasteiger partial charge in [0.15, 0.2) is 0 Å². The maximum atomic E-state index is 12.3. The third-order valence-corrected chi connectivity index (χ3v) is 2.41. The van der Waals surface area contributed by atoms with Crippen molar-refractivity contribution in [1.82, 2.24) is 0 Å². The van der Waals surface area contributed by atoms with Crippen molar-refractivity contribution in [3.63, 3.8) is 0 Å². The van der Waals surface area contributed by atoms with Gasteiger partial charge in [-0.3, -0.25) is 4.79 Å². The summed E-state index contributed by atoms with van der Waals surface area (Å²) in [5.74, 6) is -2.74. The Morgan fingerprint density at radius 2 is 2.08 bits per heavy atom. The number of unbranched alkanes of at least 4 members (excludes halogenated alkanes) is 1. The standard InChI is InChI=1S/C8H14F2O2S/c1-8(9,10)4-2-3-5-13-6-7(11)12/h2-6H2,1H3,(H,11,12). The molecule has 0 fully saturated rings. The number of rotatable bonds is 7. The Balaban J connectivity index is 3.13. The Labute approximate surface area is 80.7 Å². The van der Waals surface area contributed by atoms with Gasteiger partial charge in [0.25, 0.3) is 0 Å². The van der Waals surface area contributed by atoms with E-state index in [1.54, 1.807) is 0 Å². The third kappa shape index (κ3) is 11.7. The molecule has 0 aliphatic heterocycles. The summed E-state index contributed by atoms with van der Waals surface area (Å²) in [5, 5.41) is 8.26. The zero-order chi connectivity index (χ0) is 10.3. The van der Waals surface area contributed by atoms with Crippen molar-refractivity contribution in [3.05, 3.63) is 0 Å². The van der Waals surface area contributed by atoms with Crippen LogP contribution in [0.5, 0.6) is 0 Å². The lowest BCUT2D eigenvalue weighted by atomic mass is 10.2. The molecule has 0 aromatic carbocycles. The van der Waals surface area contributed by atoms with E-state index in [9.17, 15) is 13.6 Å². The first kappa shape index (κ1) is 12.7. The first-order chi connectivity index (χ1) is 5.92. The van der Waals surface area contributed by atoms with Crippen LogP contribution in [0.15, 0.2) is 0 Å². The van der Waals surface area contributed by atoms with Crippen LogP contribution in [0.4, 0.5) is 8.78 Å². The summed E-state index contributed by atoms with van der Waals surface area (Å²) in [6.45, 7) is 0.900. The monoisotopic (exact) mass is 212 g/mol. The number of hydrogen-bond donors (Lipinski definition) is 1. The Morgan fingerprint density at radius 3 is 2.54 bits per heavy atom. The van der Waals surface area contributed by atoms with Crippen LogP contribution < -0.4 is 0 Å². The van der Waals surface area contributed by atoms with Crippen LogP contribution >= 0.6 is 11.8 Å². The average molecular weight is 212 g/mol. The summed E-state index contributed by atoms with van der Waals surface area (Å²) in [6, 6.07) is 0. The van der Waals surface area contributed by atoms with Crippen molar-refractivity contribution < 1.29 is 18.7 Å². The normalized spacial score (nSPS) is 11.6. The van der Waals surface area contributed by atoms with Gasteiger partial charge in [0, 0.05) is 6.42 Å². The topological polar surface area (TPSA) is 37.3 Å². The third-order valence-electron chi connectivity index (χ3n) is 1.38. The van der Waals surface area contributed by atoms with Gasteiger partial charge in [-0.2, -0.15) is 11.8 Å². The second kappa shape index (κ2) is 6.18. The van der Waals surface area contributed by atoms with E-state index in [2.05, 4.69) is 0 Å². The molecule has 13 heavy (non-hydrogen) atoms. The van der Waals surface area contributed by atoms with Gasteiger partial charge < -0.3 is 5.11 Å². The number of thioether (sulfide) groups is 1. The van der Waals surface area contributed by atoms with Crippen molar-refractivity contribution in [3.8, 4) is 0 Å². The molecule has 0 amide bonds. The number of hydrogen-bond acceptors (Lipinski definition) is 2. The molecule has 0 heterocycles. The van der Waals surface area contributed by atoms with Gasteiger partial charge in [0.05, 0.1) is 5.75 Å². The van der Waals surface area contributed by atoms with Gasteiger partial charge in [-0.1, -0.05) is 0 Å². The number of halogens is 2. The molecular formula is C8H14F2O2S. The fourth-order valence-corrected chi connectivity index (χ4v) is 1.53. The van der Waals surface area contributed by atoms with Gasteiger partial charge in [-0.25, -0.2) is 8.78 Å². The lowest BCUT2D eigenvalue weighted by Crippen LogP contribution is -2.08. The van der Waals surface area contributed by atoms with Gasteiger partial charge >= 0.3 is 5.97 Å². The molecule has 1 N–H and O–H groups in total. The quantitative estimate of drug-likeness (QED) is 0.659. The van der Waals surface area contributed by atoms with E-state index >= 15 is 0 Å². The predicted octanol–water partition coefficient (Wildman–Crippen LogP) is 2.63. The van der Waals surface area contributed by atoms with Gasteiger partial charge in [0.1, 0.15) is 0 Å². The summed E-state index contributed by atoms with van der Waals surface area (Å²) < 4.78 is 24.5. The summed E-state index contributed by atoms with van der Waals surface area (Å²) >= 11 is 1.27. The molecular weight excluding hydrogens is 198 g/mol. The second-order valence-corrected chi connectivity index (χ2v) is 4.08. The number of carbonyl (C=O) groups is 1. The van der Waals surface area contributed by atoms with Crippen LogP contribution in [0.3, 0.4) is 0 Å². The first-order valence-corrected chi connectivity index (χ1v) is 5.24. The predicted molar refractivity (Wildman–Crippen MR) is 49.4 cm³/mol. The SMILES string of the molecule is CC(F)(F)CCCCSCC(=O)O. The lowest BCUT2D eigenvalue weighted by molar-refractivity contribution is -0.133. The number of carboxylic acids is 1. The van der Waals surface area contributed by atoms with Crippen LogP contribution in [-0.2, 0) is 4.79 Å². The van der Waals surface area contributed by atoms with E-state index in [1.165, 1.54) is 11.8 Å². The second-order valence-electron chi connectivity index (χ2n) is 2.97. The average Bonchev–Trinajstić information content (AvgIpc) is 1.93. The molecule has 78 valence electrons. The van der Waals surface area contributed by atoms with Crippen molar-refractivity contribution in [1.29, 1.82) is 0 Å². The van der Waals surface area contributed by atoms with Gasteiger partial charge in [-0.15, -0.1) is 0 Å². The number of carboxylic acid groups (broad SMARTS) is 1. The van der Waals surface area contributed by atoms with Crippen LogP contribution in [0.1, 0.15) is 26.2 Å². The molecule has 0 bridgehead atoms. The summed E-state index contributed by atoms with van der Waals surface area (Å²) in [4.78, 5) is 10.1. The van der Waals surface area contributed by atoms with Crippen molar-refractivity contribution in [2.75, 3.05) is 11.5 Å². The minimum Gasteiger partial charge on any atom is -0.481 e. The Morgan fingerprint density at radius 1 is 1.46 bits per heavy atom. The van der Waals surface area contributed by atoms with Gasteiger partial charge in [-0.05, 0) is 25.5 Å². The fraction of sp³-hybridized carbons (Fsp3) is 0.875. The molecule has 0 aromatic heterocycles. The summed E-state index contributed by atoms with van der Waals surface area (Å²) in [6.07, 6.45) is 0.998. The molecule has 0 aromatic rings. The van der Waals surface area contributed by atoms with Crippen LogP contribution in [0, 0.1) is 0 Å². The highest BCUT2D eigenvalue weighted by atomic mass is 32.2. The maximum absolute atomic E-state index is 12.3. The molecule has 0 aliphatic rings. The van der Waals surface area contributed by atoms with Crippen LogP contribution in [0.25, 0.3) is 0 Å². The smallest absolute Gasteiger partial charge is 0.313 e. The summed E-state index contributed by atoms with van der Waals surface area (Å²) in [5.41, 5.74) is 0. The van der Waals surface area contributed by atoms with E-state index < -0.39 is 11.9 Å². The Kier molecular flexibility index (Phi) is 6.03. The number of alkyl halides is 2. The minimum atomic E-state index is -2.59. The largest absolute Gasteiger partial charge is 0.481 e. The molecule has 2 nitrogen and oxygen atoms in total. The zero-order valence-corrected chi connectivity index (χ0v) is 8.37. The number of aliphatic carboxylic acids is 1. The Bertz CT molecular complexity index is 157. The van der Waals surface area contributed by atoms with Gasteiger partial charge in [0.2, 0.25) is 5.92 Å². The van der Waals surface area contributed by atoms with E-state index in [1.807, 2.05) is 0 Å². The minimum absolute atomic E-state index is 0.0581. The molecule has 0 atom stereocenters. The maximum Gasteiger partial charge on any atom is 0.313 e. The summed E-state index contributed by atoms with van der Waals surface area (Å²) in [7, 11) is 0. The molecule has 0 saturated carbocycles. The molecule has 0 unspecified atom stereocenters. The highest BCUT2D eigenvalue weighted by molar-refractivity contribution is 7.99. The molecule has 0 saturated heterocycles. The lowest BCUT2D eigenvalue weighted by Gasteiger charge is -2.08. The molecule has 0 radical (unpaired) electrons. The van der Waals surface area contributed by atoms with E-state index in [0.717, 1.165) is 6.92 Å². The van der Waals surface area contributed by atoms with Crippen molar-refractivity contribution in [2.24, 2.45) is 0 Å². The first-order valence-electron chi connectivity index (χ1n) is 4.09. The molecule has 0 spiro atoms. The molecule has 5 heteroatoms. The zero-order valence-electron chi connectivity index (χ0n) is 7.56. The molecule has 0 rings (SSSR count). The van der Waals surface area contributed by atoms with Crippen LogP contribution in [0.2, 0.25) is 0 Å². The van der Waals surface area contributed by atoms with E-state index in [-0.39, 0.29) is 12.2 Å². The highest BCUT2D eigenvalue weighted by Crippen LogP contribution is 2.20.